The van der Waals surface area contributed by atoms with E-state index >= 15 is 0 Å². The summed E-state index contributed by atoms with van der Waals surface area (Å²) in [5.74, 6) is 0.300. The number of aromatic hydroxyl groups is 1. The van der Waals surface area contributed by atoms with Gasteiger partial charge in [-0.3, -0.25) is 5.10 Å². The number of nitrogen functional groups attached to an aromatic ring is 1. The number of phenolic OH excluding ortho intramolecular Hbond substituents is 1. The number of benzene rings is 2. The smallest absolute Gasteiger partial charge is 0.161 e. The van der Waals surface area contributed by atoms with Crippen LogP contribution in [0.15, 0.2) is 42.5 Å². The molecule has 1 unspecified atom stereocenters. The molecule has 2 aromatic carbocycles. The van der Waals surface area contributed by atoms with Crippen LogP contribution < -0.4 is 5.73 Å². The molecule has 6 nitrogen and oxygen atoms in total. The second-order valence-electron chi connectivity index (χ2n) is 7.10. The first kappa shape index (κ1) is 16.7. The molecule has 0 fully saturated rings. The van der Waals surface area contributed by atoms with Gasteiger partial charge in [0.2, 0.25) is 0 Å². The SMILES string of the molecule is Nc1nc(C2CCCc3ccccc32)nc2[nH]nc(-c3cc(O)cc(F)c3)c12. The maximum absolute atomic E-state index is 13.7. The number of nitrogens with two attached hydrogens (primary N) is 1. The highest BCUT2D eigenvalue weighted by molar-refractivity contribution is 5.98. The monoisotopic (exact) mass is 375 g/mol. The van der Waals surface area contributed by atoms with Gasteiger partial charge in [-0.05, 0) is 42.5 Å². The number of hydrogen-bond acceptors (Lipinski definition) is 5. The molecular formula is C21H18FN5O. The summed E-state index contributed by atoms with van der Waals surface area (Å²) in [6.45, 7) is 0. The first-order valence-corrected chi connectivity index (χ1v) is 9.19. The molecule has 0 saturated carbocycles. The Morgan fingerprint density at radius 2 is 2.00 bits per heavy atom. The lowest BCUT2D eigenvalue weighted by molar-refractivity contribution is 0.469. The minimum absolute atomic E-state index is 0.0848. The van der Waals surface area contributed by atoms with Crippen LogP contribution in [0.3, 0.4) is 0 Å². The van der Waals surface area contributed by atoms with Crippen molar-refractivity contribution in [2.24, 2.45) is 0 Å². The Labute approximate surface area is 160 Å². The van der Waals surface area contributed by atoms with E-state index in [4.69, 9.17) is 5.73 Å². The van der Waals surface area contributed by atoms with Crippen molar-refractivity contribution in [1.82, 2.24) is 20.2 Å². The van der Waals surface area contributed by atoms with Crippen LogP contribution >= 0.6 is 0 Å². The van der Waals surface area contributed by atoms with E-state index in [9.17, 15) is 9.50 Å². The van der Waals surface area contributed by atoms with Crippen LogP contribution in [0.1, 0.15) is 35.7 Å². The number of aromatic amines is 1. The molecule has 4 N–H and O–H groups in total. The summed E-state index contributed by atoms with van der Waals surface area (Å²) in [6.07, 6.45) is 3.09. The van der Waals surface area contributed by atoms with E-state index in [0.717, 1.165) is 25.3 Å². The van der Waals surface area contributed by atoms with Crippen LogP contribution in [-0.2, 0) is 6.42 Å². The van der Waals surface area contributed by atoms with Gasteiger partial charge in [0.15, 0.2) is 5.65 Å². The zero-order valence-electron chi connectivity index (χ0n) is 15.0. The van der Waals surface area contributed by atoms with Crippen molar-refractivity contribution in [3.05, 3.63) is 65.2 Å². The molecule has 2 aromatic heterocycles. The first-order chi connectivity index (χ1) is 13.6. The van der Waals surface area contributed by atoms with E-state index < -0.39 is 5.82 Å². The Bertz CT molecular complexity index is 1180. The fourth-order valence-corrected chi connectivity index (χ4v) is 4.07. The summed E-state index contributed by atoms with van der Waals surface area (Å²) in [6, 6.07) is 12.1. The third kappa shape index (κ3) is 2.67. The van der Waals surface area contributed by atoms with Crippen LogP contribution in [0.5, 0.6) is 5.75 Å². The third-order valence-corrected chi connectivity index (χ3v) is 5.30. The van der Waals surface area contributed by atoms with Crippen LogP contribution in [0.4, 0.5) is 10.2 Å². The summed E-state index contributed by atoms with van der Waals surface area (Å²) in [4.78, 5) is 9.26. The van der Waals surface area contributed by atoms with Crippen molar-refractivity contribution in [3.63, 3.8) is 0 Å². The maximum atomic E-state index is 13.7. The van der Waals surface area contributed by atoms with Crippen molar-refractivity contribution in [2.45, 2.75) is 25.2 Å². The molecule has 2 heterocycles. The number of fused-ring (bicyclic) bond motifs is 2. The van der Waals surface area contributed by atoms with E-state index in [1.165, 1.54) is 23.3 Å². The maximum Gasteiger partial charge on any atom is 0.161 e. The molecular weight excluding hydrogens is 357 g/mol. The number of halogens is 1. The highest BCUT2D eigenvalue weighted by atomic mass is 19.1. The number of nitrogens with one attached hydrogen (secondary N) is 1. The zero-order valence-corrected chi connectivity index (χ0v) is 15.0. The topological polar surface area (TPSA) is 101 Å². The number of phenols is 1. The average Bonchev–Trinajstić information content (AvgIpc) is 3.11. The van der Waals surface area contributed by atoms with Crippen molar-refractivity contribution in [1.29, 1.82) is 0 Å². The summed E-state index contributed by atoms with van der Waals surface area (Å²) in [5.41, 5.74) is 10.2. The van der Waals surface area contributed by atoms with Gasteiger partial charge in [0.25, 0.3) is 0 Å². The van der Waals surface area contributed by atoms with E-state index in [2.05, 4.69) is 38.4 Å². The molecule has 1 atom stereocenters. The van der Waals surface area contributed by atoms with Gasteiger partial charge in [0, 0.05) is 17.5 Å². The quantitative estimate of drug-likeness (QED) is 0.493. The van der Waals surface area contributed by atoms with Crippen molar-refractivity contribution >= 4 is 16.9 Å². The van der Waals surface area contributed by atoms with Crippen molar-refractivity contribution in [3.8, 4) is 17.0 Å². The molecule has 0 radical (unpaired) electrons. The van der Waals surface area contributed by atoms with Gasteiger partial charge in [0.1, 0.15) is 28.9 Å². The highest BCUT2D eigenvalue weighted by Gasteiger charge is 2.26. The van der Waals surface area contributed by atoms with Gasteiger partial charge in [-0.1, -0.05) is 24.3 Å². The van der Waals surface area contributed by atoms with Gasteiger partial charge < -0.3 is 10.8 Å². The van der Waals surface area contributed by atoms with Crippen LogP contribution in [0.2, 0.25) is 0 Å². The number of nitrogens with zero attached hydrogens (tertiary/aromatic N) is 3. The Morgan fingerprint density at radius 1 is 1.14 bits per heavy atom. The zero-order chi connectivity index (χ0) is 19.3. The fraction of sp³-hybridized carbons (Fsp3) is 0.190. The standard InChI is InChI=1S/C21H18FN5O/c22-13-8-12(9-14(28)10-13)18-17-19(23)24-20(25-21(17)27-26-18)16-7-3-5-11-4-1-2-6-15(11)16/h1-2,4,6,8-10,16,28H,3,5,7H2,(H3,23,24,25,26,27). The second-order valence-corrected chi connectivity index (χ2v) is 7.10. The van der Waals surface area contributed by atoms with Gasteiger partial charge in [-0.25, -0.2) is 14.4 Å². The lowest BCUT2D eigenvalue weighted by Gasteiger charge is -2.24. The summed E-state index contributed by atoms with van der Waals surface area (Å²) < 4.78 is 13.7. The third-order valence-electron chi connectivity index (χ3n) is 5.30. The molecule has 28 heavy (non-hydrogen) atoms. The van der Waals surface area contributed by atoms with Crippen LogP contribution in [-0.4, -0.2) is 25.3 Å². The molecule has 0 bridgehead atoms. The highest BCUT2D eigenvalue weighted by Crippen LogP contribution is 2.37. The molecule has 1 aliphatic rings. The molecule has 0 aliphatic heterocycles. The molecule has 0 saturated heterocycles. The normalized spacial score (nSPS) is 16.2. The van der Waals surface area contributed by atoms with Crippen molar-refractivity contribution in [2.75, 3.05) is 5.73 Å². The number of H-pyrrole nitrogens is 1. The van der Waals surface area contributed by atoms with Crippen LogP contribution in [0.25, 0.3) is 22.3 Å². The number of rotatable bonds is 2. The molecule has 0 amide bonds. The Balaban J connectivity index is 1.64. The number of aromatic nitrogens is 4. The number of hydrogen-bond donors (Lipinski definition) is 3. The molecule has 140 valence electrons. The lowest BCUT2D eigenvalue weighted by atomic mass is 9.82. The summed E-state index contributed by atoms with van der Waals surface area (Å²) in [7, 11) is 0. The predicted molar refractivity (Wildman–Crippen MR) is 104 cm³/mol. The summed E-state index contributed by atoms with van der Waals surface area (Å²) >= 11 is 0. The molecule has 5 rings (SSSR count). The minimum Gasteiger partial charge on any atom is -0.508 e. The Morgan fingerprint density at radius 3 is 2.86 bits per heavy atom. The largest absolute Gasteiger partial charge is 0.508 e. The van der Waals surface area contributed by atoms with Gasteiger partial charge in [0.05, 0.1) is 5.39 Å². The van der Waals surface area contributed by atoms with E-state index in [0.29, 0.717) is 28.1 Å². The van der Waals surface area contributed by atoms with Crippen molar-refractivity contribution < 1.29 is 9.50 Å². The predicted octanol–water partition coefficient (Wildman–Crippen LogP) is 3.92. The average molecular weight is 375 g/mol. The molecule has 1 aliphatic carbocycles. The first-order valence-electron chi connectivity index (χ1n) is 9.19. The Hall–Kier alpha value is -3.48. The van der Waals surface area contributed by atoms with Gasteiger partial charge >= 0.3 is 0 Å². The van der Waals surface area contributed by atoms with E-state index in [1.807, 2.05) is 6.07 Å². The molecule has 7 heteroatoms. The minimum atomic E-state index is -0.555. The number of anilines is 1. The Kier molecular flexibility index (Phi) is 3.75. The van der Waals surface area contributed by atoms with Crippen LogP contribution in [0, 0.1) is 5.82 Å². The molecule has 4 aromatic rings. The number of aryl methyl sites for hydroxylation is 1. The van der Waals surface area contributed by atoms with Gasteiger partial charge in [-0.15, -0.1) is 0 Å². The fourth-order valence-electron chi connectivity index (χ4n) is 4.07. The van der Waals surface area contributed by atoms with E-state index in [-0.39, 0.29) is 17.5 Å². The van der Waals surface area contributed by atoms with E-state index in [1.54, 1.807) is 0 Å². The summed E-state index contributed by atoms with van der Waals surface area (Å²) in [5, 5.41) is 17.4. The molecule has 0 spiro atoms. The van der Waals surface area contributed by atoms with Gasteiger partial charge in [-0.2, -0.15) is 5.10 Å². The second kappa shape index (κ2) is 6.30. The lowest BCUT2D eigenvalue weighted by Crippen LogP contribution is -2.14.